The second-order valence-electron chi connectivity index (χ2n) is 8.07. The van der Waals surface area contributed by atoms with Gasteiger partial charge in [-0.1, -0.05) is 18.7 Å². The van der Waals surface area contributed by atoms with Crippen molar-refractivity contribution in [3.05, 3.63) is 71.1 Å². The molecule has 1 aliphatic rings. The number of hydrogen-bond donors (Lipinski definition) is 1. The van der Waals surface area contributed by atoms with E-state index in [9.17, 15) is 23.5 Å². The van der Waals surface area contributed by atoms with Crippen LogP contribution in [0.4, 0.5) is 13.2 Å². The summed E-state index contributed by atoms with van der Waals surface area (Å²) in [6.07, 6.45) is -0.287. The van der Waals surface area contributed by atoms with Gasteiger partial charge in [0.05, 0.1) is 16.2 Å². The molecule has 0 amide bonds. The van der Waals surface area contributed by atoms with Gasteiger partial charge in [-0.3, -0.25) is 0 Å². The molecular weight excluding hydrogens is 449 g/mol. The Morgan fingerprint density at radius 3 is 2.82 bits per heavy atom. The summed E-state index contributed by atoms with van der Waals surface area (Å²) < 4.78 is 42.1. The van der Waals surface area contributed by atoms with Crippen LogP contribution in [0.3, 0.4) is 0 Å². The third-order valence-electron chi connectivity index (χ3n) is 5.81. The van der Waals surface area contributed by atoms with Gasteiger partial charge in [0.2, 0.25) is 0 Å². The highest BCUT2D eigenvalue weighted by atomic mass is 32.1. The highest BCUT2D eigenvalue weighted by Crippen LogP contribution is 2.43. The predicted octanol–water partition coefficient (Wildman–Crippen LogP) is 7.09. The van der Waals surface area contributed by atoms with Crippen molar-refractivity contribution in [2.75, 3.05) is 6.61 Å². The standard InChI is InChI=1S/C25H21F3N2O2S/c1-14(31)9-16-3-5-19-15(2)20(6-7-21(16)19)24-30-12-23(33-24)17-4-8-22(18(10-17)11-29)32-13-25(26,27)28/h4,6-8,10,12,16,31H,1,3,5,9,13H2,2H3. The SMILES string of the molecule is C=C(O)CC1CCc2c1ccc(-c1ncc(-c3ccc(OCC(F)(F)F)c(C#N)c3)s1)c2C. The zero-order chi connectivity index (χ0) is 23.8. The molecule has 0 aliphatic heterocycles. The van der Waals surface area contributed by atoms with Crippen LogP contribution < -0.4 is 4.74 Å². The van der Waals surface area contributed by atoms with Crippen LogP contribution in [0.1, 0.15) is 41.0 Å². The molecule has 1 heterocycles. The molecule has 0 spiro atoms. The van der Waals surface area contributed by atoms with E-state index in [1.165, 1.54) is 34.6 Å². The van der Waals surface area contributed by atoms with Crippen molar-refractivity contribution in [2.45, 2.75) is 38.3 Å². The number of rotatable bonds is 6. The Hall–Kier alpha value is -3.31. The molecule has 1 N–H and O–H groups in total. The lowest BCUT2D eigenvalue weighted by Crippen LogP contribution is -2.19. The largest absolute Gasteiger partial charge is 0.513 e. The van der Waals surface area contributed by atoms with Gasteiger partial charge in [-0.2, -0.15) is 18.4 Å². The maximum Gasteiger partial charge on any atom is 0.422 e. The van der Waals surface area contributed by atoms with Gasteiger partial charge in [-0.25, -0.2) is 4.98 Å². The molecule has 170 valence electrons. The number of nitriles is 1. The number of aromatic nitrogens is 1. The number of halogens is 3. The van der Waals surface area contributed by atoms with Gasteiger partial charge in [0.1, 0.15) is 16.8 Å². The van der Waals surface area contributed by atoms with Gasteiger partial charge < -0.3 is 9.84 Å². The number of nitrogens with zero attached hydrogens (tertiary/aromatic N) is 2. The van der Waals surface area contributed by atoms with Gasteiger partial charge in [-0.15, -0.1) is 11.3 Å². The summed E-state index contributed by atoms with van der Waals surface area (Å²) in [6, 6.07) is 10.6. The van der Waals surface area contributed by atoms with Crippen LogP contribution in [0.15, 0.2) is 48.9 Å². The van der Waals surface area contributed by atoms with Crippen LogP contribution in [0.5, 0.6) is 5.75 Å². The Kier molecular flexibility index (Phi) is 6.17. The van der Waals surface area contributed by atoms with E-state index in [-0.39, 0.29) is 23.0 Å². The fraction of sp³-hybridized carbons (Fsp3) is 0.280. The molecule has 1 aromatic heterocycles. The number of thiazole rings is 1. The summed E-state index contributed by atoms with van der Waals surface area (Å²) in [4.78, 5) is 5.37. The smallest absolute Gasteiger partial charge is 0.422 e. The zero-order valence-corrected chi connectivity index (χ0v) is 18.7. The fourth-order valence-electron chi connectivity index (χ4n) is 4.28. The van der Waals surface area contributed by atoms with Crippen LogP contribution in [-0.2, 0) is 6.42 Å². The molecule has 0 saturated carbocycles. The lowest BCUT2D eigenvalue weighted by Gasteiger charge is -2.13. The third kappa shape index (κ3) is 4.88. The van der Waals surface area contributed by atoms with E-state index < -0.39 is 12.8 Å². The minimum atomic E-state index is -4.47. The zero-order valence-electron chi connectivity index (χ0n) is 17.9. The normalized spacial score (nSPS) is 15.2. The summed E-state index contributed by atoms with van der Waals surface area (Å²) >= 11 is 1.46. The Balaban J connectivity index is 1.60. The van der Waals surface area contributed by atoms with Gasteiger partial charge in [0, 0.05) is 18.2 Å². The molecule has 33 heavy (non-hydrogen) atoms. The van der Waals surface area contributed by atoms with E-state index in [4.69, 9.17) is 4.74 Å². The first-order valence-corrected chi connectivity index (χ1v) is 11.2. The van der Waals surface area contributed by atoms with Crippen LogP contribution in [-0.4, -0.2) is 22.9 Å². The fourth-order valence-corrected chi connectivity index (χ4v) is 5.28. The highest BCUT2D eigenvalue weighted by molar-refractivity contribution is 7.18. The second-order valence-corrected chi connectivity index (χ2v) is 9.10. The monoisotopic (exact) mass is 470 g/mol. The number of aliphatic hydroxyl groups excluding tert-OH is 1. The summed E-state index contributed by atoms with van der Waals surface area (Å²) in [6.45, 7) is 4.25. The number of alkyl halides is 3. The summed E-state index contributed by atoms with van der Waals surface area (Å²) in [7, 11) is 0. The lowest BCUT2D eigenvalue weighted by molar-refractivity contribution is -0.153. The topological polar surface area (TPSA) is 66.1 Å². The van der Waals surface area contributed by atoms with Gasteiger partial charge in [0.15, 0.2) is 6.61 Å². The van der Waals surface area contributed by atoms with E-state index in [1.807, 2.05) is 12.1 Å². The van der Waals surface area contributed by atoms with Crippen molar-refractivity contribution < 1.29 is 23.0 Å². The second kappa shape index (κ2) is 8.91. The average molecular weight is 471 g/mol. The number of allylic oxidation sites excluding steroid dienone is 1. The van der Waals surface area contributed by atoms with Crippen LogP contribution >= 0.6 is 11.3 Å². The van der Waals surface area contributed by atoms with Crippen molar-refractivity contribution in [2.24, 2.45) is 0 Å². The van der Waals surface area contributed by atoms with Crippen molar-refractivity contribution in [1.29, 1.82) is 5.26 Å². The number of hydrogen-bond acceptors (Lipinski definition) is 5. The van der Waals surface area contributed by atoms with E-state index in [0.29, 0.717) is 12.0 Å². The van der Waals surface area contributed by atoms with Gasteiger partial charge in [-0.05, 0) is 66.1 Å². The predicted molar refractivity (Wildman–Crippen MR) is 121 cm³/mol. The van der Waals surface area contributed by atoms with Crippen molar-refractivity contribution in [3.8, 4) is 32.8 Å². The quantitative estimate of drug-likeness (QED) is 0.391. The summed E-state index contributed by atoms with van der Waals surface area (Å²) in [5, 5.41) is 19.8. The molecule has 0 saturated heterocycles. The Morgan fingerprint density at radius 1 is 1.33 bits per heavy atom. The van der Waals surface area contributed by atoms with Crippen LogP contribution in [0.25, 0.3) is 21.0 Å². The Bertz CT molecular complexity index is 1260. The van der Waals surface area contributed by atoms with Crippen LogP contribution in [0, 0.1) is 18.3 Å². The van der Waals surface area contributed by atoms with Gasteiger partial charge in [0.25, 0.3) is 0 Å². The van der Waals surface area contributed by atoms with E-state index in [2.05, 4.69) is 24.6 Å². The van der Waals surface area contributed by atoms with E-state index >= 15 is 0 Å². The molecule has 4 rings (SSSR count). The number of fused-ring (bicyclic) bond motifs is 1. The maximum absolute atomic E-state index is 12.4. The average Bonchev–Trinajstić information content (AvgIpc) is 3.40. The Morgan fingerprint density at radius 2 is 2.12 bits per heavy atom. The molecule has 4 nitrogen and oxygen atoms in total. The van der Waals surface area contributed by atoms with Crippen molar-refractivity contribution in [1.82, 2.24) is 4.98 Å². The van der Waals surface area contributed by atoms with E-state index in [0.717, 1.165) is 33.9 Å². The molecular formula is C25H21F3N2O2S. The molecule has 3 aromatic rings. The molecule has 1 atom stereocenters. The molecule has 0 bridgehead atoms. The first-order chi connectivity index (χ1) is 15.7. The van der Waals surface area contributed by atoms with E-state index in [1.54, 1.807) is 12.3 Å². The molecule has 0 radical (unpaired) electrons. The minimum absolute atomic E-state index is 0.0388. The molecule has 2 aromatic carbocycles. The molecule has 1 aliphatic carbocycles. The van der Waals surface area contributed by atoms with Gasteiger partial charge >= 0.3 is 6.18 Å². The lowest BCUT2D eigenvalue weighted by atomic mass is 9.93. The Labute approximate surface area is 193 Å². The maximum atomic E-state index is 12.4. The third-order valence-corrected chi connectivity index (χ3v) is 6.89. The number of aliphatic hydroxyl groups is 1. The highest BCUT2D eigenvalue weighted by Gasteiger charge is 2.29. The minimum Gasteiger partial charge on any atom is -0.513 e. The first-order valence-electron chi connectivity index (χ1n) is 10.4. The number of ether oxygens (including phenoxy) is 1. The molecule has 1 unspecified atom stereocenters. The summed E-state index contributed by atoms with van der Waals surface area (Å²) in [5.41, 5.74) is 5.45. The first kappa shape index (κ1) is 22.9. The summed E-state index contributed by atoms with van der Waals surface area (Å²) in [5.74, 6) is 0.378. The number of benzene rings is 2. The van der Waals surface area contributed by atoms with Crippen molar-refractivity contribution in [3.63, 3.8) is 0 Å². The molecule has 8 heteroatoms. The van der Waals surface area contributed by atoms with Crippen molar-refractivity contribution >= 4 is 11.3 Å². The molecule has 0 fully saturated rings. The van der Waals surface area contributed by atoms with Crippen LogP contribution in [0.2, 0.25) is 0 Å².